The molecule has 0 aromatic heterocycles. The Morgan fingerprint density at radius 2 is 1.73 bits per heavy atom. The largest absolute Gasteiger partial charge is 0.312 e. The third-order valence-electron chi connectivity index (χ3n) is 1.43. The number of nitro groups is 2. The molecular formula is C7H6N4O4. The van der Waals surface area contributed by atoms with E-state index in [1.54, 1.807) is 0 Å². The molecule has 8 heteroatoms. The molecule has 15 heavy (non-hydrogen) atoms. The molecule has 0 spiro atoms. The Hall–Kier alpha value is -2.38. The van der Waals surface area contributed by atoms with Crippen molar-refractivity contribution in [2.24, 2.45) is 10.2 Å². The molecule has 0 bridgehead atoms. The van der Waals surface area contributed by atoms with Crippen LogP contribution in [0.15, 0.2) is 34.5 Å². The van der Waals surface area contributed by atoms with Gasteiger partial charge in [-0.1, -0.05) is 0 Å². The number of rotatable bonds is 4. The van der Waals surface area contributed by atoms with Gasteiger partial charge in [0.05, 0.1) is 10.6 Å². The van der Waals surface area contributed by atoms with Gasteiger partial charge in [-0.2, -0.15) is 0 Å². The van der Waals surface area contributed by atoms with Crippen molar-refractivity contribution >= 4 is 11.4 Å². The highest BCUT2D eigenvalue weighted by Crippen LogP contribution is 2.17. The first-order valence-corrected chi connectivity index (χ1v) is 3.83. The van der Waals surface area contributed by atoms with Crippen molar-refractivity contribution in [1.29, 1.82) is 0 Å². The summed E-state index contributed by atoms with van der Waals surface area (Å²) in [4.78, 5) is 19.0. The maximum Gasteiger partial charge on any atom is 0.312 e. The summed E-state index contributed by atoms with van der Waals surface area (Å²) in [7, 11) is 0. The molecule has 0 heterocycles. The average Bonchev–Trinajstić information content (AvgIpc) is 2.18. The number of nitro benzene ring substituents is 1. The van der Waals surface area contributed by atoms with Gasteiger partial charge in [-0.3, -0.25) is 20.2 Å². The van der Waals surface area contributed by atoms with Crippen LogP contribution in [-0.4, -0.2) is 16.5 Å². The van der Waals surface area contributed by atoms with E-state index >= 15 is 0 Å². The van der Waals surface area contributed by atoms with Crippen molar-refractivity contribution in [2.45, 2.75) is 0 Å². The Morgan fingerprint density at radius 1 is 1.13 bits per heavy atom. The number of hydrogen-bond acceptors (Lipinski definition) is 6. The fourth-order valence-corrected chi connectivity index (χ4v) is 0.806. The van der Waals surface area contributed by atoms with E-state index in [2.05, 4.69) is 10.2 Å². The number of benzene rings is 1. The van der Waals surface area contributed by atoms with Crippen molar-refractivity contribution in [3.8, 4) is 0 Å². The lowest BCUT2D eigenvalue weighted by molar-refractivity contribution is -0.478. The quantitative estimate of drug-likeness (QED) is 0.429. The summed E-state index contributed by atoms with van der Waals surface area (Å²) in [5.74, 6) is 0. The van der Waals surface area contributed by atoms with Crippen molar-refractivity contribution in [2.75, 3.05) is 6.67 Å². The highest BCUT2D eigenvalue weighted by Gasteiger charge is 2.02. The molecule has 0 saturated carbocycles. The topological polar surface area (TPSA) is 111 Å². The van der Waals surface area contributed by atoms with Crippen LogP contribution in [0.5, 0.6) is 0 Å². The number of azo groups is 1. The van der Waals surface area contributed by atoms with Gasteiger partial charge in [-0.05, 0) is 12.1 Å². The average molecular weight is 210 g/mol. The molecular weight excluding hydrogens is 204 g/mol. The first kappa shape index (κ1) is 10.7. The fraction of sp³-hybridized carbons (Fsp3) is 0.143. The zero-order chi connectivity index (χ0) is 11.3. The lowest BCUT2D eigenvalue weighted by atomic mass is 10.3. The van der Waals surface area contributed by atoms with E-state index in [4.69, 9.17) is 0 Å². The Kier molecular flexibility index (Phi) is 3.38. The van der Waals surface area contributed by atoms with Gasteiger partial charge in [-0.15, -0.1) is 10.2 Å². The van der Waals surface area contributed by atoms with Crippen molar-refractivity contribution in [3.63, 3.8) is 0 Å². The Morgan fingerprint density at radius 3 is 2.20 bits per heavy atom. The third-order valence-corrected chi connectivity index (χ3v) is 1.43. The lowest BCUT2D eigenvalue weighted by Crippen LogP contribution is -1.94. The predicted molar refractivity (Wildman–Crippen MR) is 49.5 cm³/mol. The minimum absolute atomic E-state index is 0.0665. The molecule has 0 aliphatic rings. The molecule has 0 amide bonds. The first-order valence-electron chi connectivity index (χ1n) is 3.83. The fourth-order valence-electron chi connectivity index (χ4n) is 0.806. The smallest absolute Gasteiger partial charge is 0.262 e. The maximum absolute atomic E-state index is 10.3. The number of non-ortho nitro benzene ring substituents is 1. The minimum atomic E-state index is -0.630. The van der Waals surface area contributed by atoms with Crippen LogP contribution in [0.2, 0.25) is 0 Å². The monoisotopic (exact) mass is 210 g/mol. The molecule has 0 unspecified atom stereocenters. The van der Waals surface area contributed by atoms with Gasteiger partial charge in [-0.25, -0.2) is 0 Å². The zero-order valence-corrected chi connectivity index (χ0v) is 7.44. The highest BCUT2D eigenvalue weighted by molar-refractivity contribution is 5.43. The van der Waals surface area contributed by atoms with Crippen LogP contribution in [0.4, 0.5) is 11.4 Å². The van der Waals surface area contributed by atoms with Crippen LogP contribution >= 0.6 is 0 Å². The summed E-state index contributed by atoms with van der Waals surface area (Å²) < 4.78 is 0. The predicted octanol–water partition coefficient (Wildman–Crippen LogP) is 1.91. The first-order chi connectivity index (χ1) is 7.09. The van der Waals surface area contributed by atoms with E-state index in [0.717, 1.165) is 0 Å². The van der Waals surface area contributed by atoms with Crippen molar-refractivity contribution in [3.05, 3.63) is 44.5 Å². The maximum atomic E-state index is 10.3. The van der Waals surface area contributed by atoms with E-state index in [0.29, 0.717) is 5.69 Å². The van der Waals surface area contributed by atoms with Gasteiger partial charge < -0.3 is 0 Å². The molecule has 0 atom stereocenters. The van der Waals surface area contributed by atoms with Crippen LogP contribution in [0.3, 0.4) is 0 Å². The molecule has 0 aliphatic heterocycles. The second kappa shape index (κ2) is 4.74. The van der Waals surface area contributed by atoms with Gasteiger partial charge in [0.1, 0.15) is 0 Å². The zero-order valence-electron chi connectivity index (χ0n) is 7.44. The van der Waals surface area contributed by atoms with Crippen LogP contribution in [0.25, 0.3) is 0 Å². The molecule has 0 N–H and O–H groups in total. The van der Waals surface area contributed by atoms with Crippen molar-refractivity contribution < 1.29 is 9.85 Å². The van der Waals surface area contributed by atoms with Gasteiger partial charge >= 0.3 is 6.67 Å². The normalized spacial score (nSPS) is 10.4. The van der Waals surface area contributed by atoms with Crippen molar-refractivity contribution in [1.82, 2.24) is 0 Å². The molecule has 1 aromatic rings. The summed E-state index contributed by atoms with van der Waals surface area (Å²) in [5.41, 5.74) is 0.269. The molecule has 0 radical (unpaired) electrons. The highest BCUT2D eigenvalue weighted by atomic mass is 16.6. The second-order valence-electron chi connectivity index (χ2n) is 2.49. The molecule has 1 rings (SSSR count). The van der Waals surface area contributed by atoms with Gasteiger partial charge in [0.25, 0.3) is 5.69 Å². The summed E-state index contributed by atoms with van der Waals surface area (Å²) in [6.07, 6.45) is 0. The van der Waals surface area contributed by atoms with E-state index in [9.17, 15) is 20.2 Å². The summed E-state index contributed by atoms with van der Waals surface area (Å²) in [6.45, 7) is -0.614. The van der Waals surface area contributed by atoms with E-state index < -0.39 is 16.5 Å². The van der Waals surface area contributed by atoms with Crippen LogP contribution < -0.4 is 0 Å². The standard InChI is InChI=1S/C7H6N4O4/c12-10(13)5-8-9-6-1-3-7(4-2-6)11(14)15/h1-4H,5H2. The van der Waals surface area contributed by atoms with Gasteiger partial charge in [0, 0.05) is 17.1 Å². The van der Waals surface area contributed by atoms with Gasteiger partial charge in [0.15, 0.2) is 0 Å². The lowest BCUT2D eigenvalue weighted by Gasteiger charge is -1.91. The Balaban J connectivity index is 2.68. The van der Waals surface area contributed by atoms with Crippen LogP contribution in [0.1, 0.15) is 0 Å². The summed E-state index contributed by atoms with van der Waals surface area (Å²) >= 11 is 0. The van der Waals surface area contributed by atoms with E-state index in [1.807, 2.05) is 0 Å². The molecule has 78 valence electrons. The third kappa shape index (κ3) is 3.46. The molecule has 0 saturated heterocycles. The summed E-state index contributed by atoms with van der Waals surface area (Å²) in [5, 5.41) is 27.0. The second-order valence-corrected chi connectivity index (χ2v) is 2.49. The number of nitrogens with zero attached hydrogens (tertiary/aromatic N) is 4. The molecule has 8 nitrogen and oxygen atoms in total. The Labute approximate surface area is 83.5 Å². The Bertz CT molecular complexity index is 400. The van der Waals surface area contributed by atoms with E-state index in [1.165, 1.54) is 24.3 Å². The SMILES string of the molecule is O=[N+]([O-])CN=Nc1ccc([N+](=O)[O-])cc1. The summed E-state index contributed by atoms with van der Waals surface area (Å²) in [6, 6.07) is 5.23. The van der Waals surface area contributed by atoms with Gasteiger partial charge in [0.2, 0.25) is 0 Å². The number of hydrogen-bond donors (Lipinski definition) is 0. The minimum Gasteiger partial charge on any atom is -0.262 e. The van der Waals surface area contributed by atoms with Crippen LogP contribution in [0, 0.1) is 20.2 Å². The molecule has 0 aliphatic carbocycles. The van der Waals surface area contributed by atoms with E-state index in [-0.39, 0.29) is 5.69 Å². The molecule has 0 fully saturated rings. The van der Waals surface area contributed by atoms with Crippen LogP contribution in [-0.2, 0) is 0 Å². The molecule has 1 aromatic carbocycles.